The van der Waals surface area contributed by atoms with Crippen molar-refractivity contribution < 1.29 is 60.7 Å². The normalized spacial score (nSPS) is 10.1. The predicted octanol–water partition coefficient (Wildman–Crippen LogP) is -1.25. The van der Waals surface area contributed by atoms with Crippen LogP contribution in [0.3, 0.4) is 0 Å². The van der Waals surface area contributed by atoms with E-state index in [0.717, 1.165) is 0 Å². The first-order chi connectivity index (χ1) is 5.78. The van der Waals surface area contributed by atoms with Crippen molar-refractivity contribution in [2.24, 2.45) is 0 Å². The summed E-state index contributed by atoms with van der Waals surface area (Å²) in [6.07, 6.45) is -2.29. The average molecular weight is 371 g/mol. The smallest absolute Gasteiger partial charge is 0.336 e. The molecule has 4 N–H and O–H groups in total. The molecular formula is C6H8HfO7. The Labute approximate surface area is 97.1 Å². The van der Waals surface area contributed by atoms with E-state index in [1.807, 2.05) is 0 Å². The molecule has 0 aliphatic rings. The Kier molecular flexibility index (Phi) is 6.58. The van der Waals surface area contributed by atoms with Gasteiger partial charge in [0.15, 0.2) is 5.60 Å². The molecule has 0 atom stereocenters. The van der Waals surface area contributed by atoms with E-state index in [4.69, 9.17) is 20.4 Å². The van der Waals surface area contributed by atoms with Gasteiger partial charge in [-0.3, -0.25) is 9.59 Å². The minimum absolute atomic E-state index is 0. The SMILES string of the molecule is O=C(O)CC(O)(CC(=O)O)C(=O)O.[Hf]. The fraction of sp³-hybridized carbons (Fsp3) is 0.500. The van der Waals surface area contributed by atoms with Crippen LogP contribution in [0.15, 0.2) is 0 Å². The number of hydrogen-bond donors (Lipinski definition) is 4. The van der Waals surface area contributed by atoms with E-state index in [1.165, 1.54) is 0 Å². The van der Waals surface area contributed by atoms with Gasteiger partial charge in [0, 0.05) is 25.8 Å². The van der Waals surface area contributed by atoms with E-state index in [1.54, 1.807) is 0 Å². The predicted molar refractivity (Wildman–Crippen MR) is 37.1 cm³/mol. The number of aliphatic carboxylic acids is 3. The van der Waals surface area contributed by atoms with Gasteiger partial charge in [-0.2, -0.15) is 0 Å². The second-order valence-electron chi connectivity index (χ2n) is 2.48. The van der Waals surface area contributed by atoms with Gasteiger partial charge in [-0.1, -0.05) is 0 Å². The van der Waals surface area contributed by atoms with Crippen LogP contribution < -0.4 is 0 Å². The van der Waals surface area contributed by atoms with E-state index in [0.29, 0.717) is 0 Å². The quantitative estimate of drug-likeness (QED) is 0.444. The van der Waals surface area contributed by atoms with Crippen LogP contribution in [-0.4, -0.2) is 43.9 Å². The summed E-state index contributed by atoms with van der Waals surface area (Å²) in [7, 11) is 0. The summed E-state index contributed by atoms with van der Waals surface area (Å²) in [6.45, 7) is 0. The van der Waals surface area contributed by atoms with Gasteiger partial charge in [0.05, 0.1) is 12.8 Å². The molecule has 0 aliphatic carbocycles. The fourth-order valence-electron chi connectivity index (χ4n) is 0.714. The zero-order chi connectivity index (χ0) is 10.6. The molecule has 0 spiro atoms. The Morgan fingerprint density at radius 1 is 0.929 bits per heavy atom. The summed E-state index contributed by atoms with van der Waals surface area (Å²) in [6, 6.07) is 0. The molecule has 0 unspecified atom stereocenters. The van der Waals surface area contributed by atoms with E-state index in [2.05, 4.69) is 0 Å². The van der Waals surface area contributed by atoms with Crippen molar-refractivity contribution >= 4 is 17.9 Å². The standard InChI is InChI=1S/C6H8O7.Hf/c7-3(8)1-6(13,5(11)12)2-4(9)10;/h13H,1-2H2,(H,7,8)(H,9,10)(H,11,12);. The van der Waals surface area contributed by atoms with Gasteiger partial charge in [-0.15, -0.1) is 0 Å². The molecule has 0 heterocycles. The third kappa shape index (κ3) is 5.07. The summed E-state index contributed by atoms with van der Waals surface area (Å²) in [4.78, 5) is 30.5. The first kappa shape index (κ1) is 15.7. The Hall–Kier alpha value is -0.760. The fourth-order valence-corrected chi connectivity index (χ4v) is 0.714. The van der Waals surface area contributed by atoms with E-state index < -0.39 is 36.4 Å². The Bertz CT molecular complexity index is 233. The van der Waals surface area contributed by atoms with E-state index >= 15 is 0 Å². The van der Waals surface area contributed by atoms with Crippen LogP contribution in [-0.2, 0) is 40.2 Å². The molecule has 0 aromatic rings. The molecule has 0 radical (unpaired) electrons. The van der Waals surface area contributed by atoms with Crippen molar-refractivity contribution in [3.05, 3.63) is 0 Å². The van der Waals surface area contributed by atoms with Gasteiger partial charge >= 0.3 is 17.9 Å². The third-order valence-electron chi connectivity index (χ3n) is 1.29. The van der Waals surface area contributed by atoms with Gasteiger partial charge in [0.1, 0.15) is 0 Å². The van der Waals surface area contributed by atoms with E-state index in [9.17, 15) is 14.4 Å². The molecular weight excluding hydrogens is 363 g/mol. The summed E-state index contributed by atoms with van der Waals surface area (Å²) in [5.74, 6) is -5.02. The maximum Gasteiger partial charge on any atom is 0.336 e. The number of carboxylic acids is 3. The molecule has 0 saturated carbocycles. The number of hydrogen-bond acceptors (Lipinski definition) is 4. The first-order valence-electron chi connectivity index (χ1n) is 3.17. The van der Waals surface area contributed by atoms with Crippen LogP contribution >= 0.6 is 0 Å². The average Bonchev–Trinajstić information content (AvgIpc) is 1.82. The van der Waals surface area contributed by atoms with Gasteiger partial charge in [0.2, 0.25) is 0 Å². The van der Waals surface area contributed by atoms with Crippen molar-refractivity contribution in [2.45, 2.75) is 18.4 Å². The largest absolute Gasteiger partial charge is 0.481 e. The topological polar surface area (TPSA) is 132 Å². The molecule has 78 valence electrons. The van der Waals surface area contributed by atoms with Crippen molar-refractivity contribution in [3.63, 3.8) is 0 Å². The molecule has 0 fully saturated rings. The molecule has 0 amide bonds. The number of aliphatic hydroxyl groups is 1. The van der Waals surface area contributed by atoms with Crippen LogP contribution in [0.2, 0.25) is 0 Å². The summed E-state index contributed by atoms with van der Waals surface area (Å²) in [5.41, 5.74) is -2.74. The molecule has 0 saturated heterocycles. The molecule has 0 aromatic carbocycles. The Morgan fingerprint density at radius 2 is 1.21 bits per heavy atom. The van der Waals surface area contributed by atoms with Crippen molar-refractivity contribution in [1.29, 1.82) is 0 Å². The van der Waals surface area contributed by atoms with Gasteiger partial charge in [-0.05, 0) is 0 Å². The molecule has 14 heavy (non-hydrogen) atoms. The zero-order valence-corrected chi connectivity index (χ0v) is 10.5. The van der Waals surface area contributed by atoms with Crippen molar-refractivity contribution in [1.82, 2.24) is 0 Å². The second-order valence-corrected chi connectivity index (χ2v) is 2.48. The molecule has 8 heteroatoms. The number of rotatable bonds is 5. The summed E-state index contributed by atoms with van der Waals surface area (Å²) >= 11 is 0. The molecule has 0 bridgehead atoms. The monoisotopic (exact) mass is 372 g/mol. The van der Waals surface area contributed by atoms with Crippen LogP contribution in [0.1, 0.15) is 12.8 Å². The third-order valence-corrected chi connectivity index (χ3v) is 1.29. The maximum absolute atomic E-state index is 10.3. The molecule has 0 aliphatic heterocycles. The minimum Gasteiger partial charge on any atom is -0.481 e. The molecule has 7 nitrogen and oxygen atoms in total. The van der Waals surface area contributed by atoms with Crippen molar-refractivity contribution in [3.8, 4) is 0 Å². The van der Waals surface area contributed by atoms with Gasteiger partial charge in [0.25, 0.3) is 0 Å². The maximum atomic E-state index is 10.3. The first-order valence-corrected chi connectivity index (χ1v) is 3.17. The summed E-state index contributed by atoms with van der Waals surface area (Å²) in [5, 5.41) is 33.8. The Morgan fingerprint density at radius 3 is 1.36 bits per heavy atom. The van der Waals surface area contributed by atoms with Crippen LogP contribution in [0.4, 0.5) is 0 Å². The second kappa shape index (κ2) is 5.86. The van der Waals surface area contributed by atoms with Gasteiger partial charge < -0.3 is 20.4 Å². The molecule has 0 aromatic heterocycles. The van der Waals surface area contributed by atoms with Gasteiger partial charge in [-0.25, -0.2) is 4.79 Å². The zero-order valence-electron chi connectivity index (χ0n) is 6.93. The molecule has 0 rings (SSSR count). The van der Waals surface area contributed by atoms with Crippen LogP contribution in [0.5, 0.6) is 0 Å². The number of carboxylic acid groups (broad SMARTS) is 3. The van der Waals surface area contributed by atoms with E-state index in [-0.39, 0.29) is 25.8 Å². The number of carbonyl (C=O) groups is 3. The summed E-state index contributed by atoms with van der Waals surface area (Å²) < 4.78 is 0. The van der Waals surface area contributed by atoms with Crippen LogP contribution in [0, 0.1) is 0 Å². The minimum atomic E-state index is -2.74. The Balaban J connectivity index is 0. The van der Waals surface area contributed by atoms with Crippen LogP contribution in [0.25, 0.3) is 0 Å². The van der Waals surface area contributed by atoms with Crippen molar-refractivity contribution in [2.75, 3.05) is 0 Å².